The number of methoxy groups -OCH3 is 1. The zero-order valence-electron chi connectivity index (χ0n) is 12.0. The van der Waals surface area contributed by atoms with E-state index in [9.17, 15) is 14.3 Å². The van der Waals surface area contributed by atoms with Gasteiger partial charge < -0.3 is 9.84 Å². The summed E-state index contributed by atoms with van der Waals surface area (Å²) in [6.07, 6.45) is 0.436. The number of ether oxygens (including phenoxy) is 1. The number of nitrogens with zero attached hydrogens (tertiary/aromatic N) is 1. The van der Waals surface area contributed by atoms with Crippen LogP contribution in [0, 0.1) is 11.7 Å². The van der Waals surface area contributed by atoms with Gasteiger partial charge in [-0.25, -0.2) is 4.39 Å². The molecule has 3 atom stereocenters. The van der Waals surface area contributed by atoms with Gasteiger partial charge in [0.05, 0.1) is 7.11 Å². The molecule has 1 saturated heterocycles. The minimum absolute atomic E-state index is 0.101. The molecule has 2 rings (SSSR count). The second-order valence-corrected chi connectivity index (χ2v) is 5.49. The maximum Gasteiger partial charge on any atom is 0.326 e. The number of rotatable bonds is 3. The van der Waals surface area contributed by atoms with Crippen molar-refractivity contribution in [2.75, 3.05) is 20.8 Å². The van der Waals surface area contributed by atoms with E-state index in [4.69, 9.17) is 4.74 Å². The van der Waals surface area contributed by atoms with Gasteiger partial charge in [-0.15, -0.1) is 0 Å². The number of carbonyl (C=O) groups is 1. The zero-order chi connectivity index (χ0) is 14.9. The van der Waals surface area contributed by atoms with E-state index in [1.165, 1.54) is 13.2 Å². The van der Waals surface area contributed by atoms with Crippen LogP contribution in [0.5, 0.6) is 0 Å². The average molecular weight is 281 g/mol. The molecule has 0 amide bonds. The van der Waals surface area contributed by atoms with Gasteiger partial charge in [0.1, 0.15) is 11.4 Å². The van der Waals surface area contributed by atoms with E-state index in [0.29, 0.717) is 12.0 Å². The van der Waals surface area contributed by atoms with Crippen molar-refractivity contribution < 1.29 is 19.0 Å². The summed E-state index contributed by atoms with van der Waals surface area (Å²) in [5.74, 6) is -0.893. The Labute approximate surface area is 118 Å². The largest absolute Gasteiger partial charge is 0.468 e. The normalized spacial score (nSPS) is 30.4. The van der Waals surface area contributed by atoms with Crippen LogP contribution in [-0.4, -0.2) is 42.3 Å². The summed E-state index contributed by atoms with van der Waals surface area (Å²) in [4.78, 5) is 13.8. The zero-order valence-corrected chi connectivity index (χ0v) is 12.0. The summed E-state index contributed by atoms with van der Waals surface area (Å²) < 4.78 is 18.9. The molecule has 0 saturated carbocycles. The highest BCUT2D eigenvalue weighted by atomic mass is 19.1. The number of carbonyl (C=O) groups excluding carboxylic acids is 1. The van der Waals surface area contributed by atoms with Gasteiger partial charge in [0.25, 0.3) is 0 Å². The highest BCUT2D eigenvalue weighted by Gasteiger charge is 2.52. The van der Waals surface area contributed by atoms with E-state index in [0.717, 1.165) is 0 Å². The Morgan fingerprint density at radius 2 is 2.20 bits per heavy atom. The quantitative estimate of drug-likeness (QED) is 0.858. The molecule has 1 aromatic carbocycles. The number of hydrogen-bond donors (Lipinski definition) is 1. The lowest BCUT2D eigenvalue weighted by molar-refractivity contribution is -0.152. The first kappa shape index (κ1) is 14.9. The summed E-state index contributed by atoms with van der Waals surface area (Å²) >= 11 is 0. The van der Waals surface area contributed by atoms with E-state index < -0.39 is 5.54 Å². The Morgan fingerprint density at radius 1 is 1.55 bits per heavy atom. The van der Waals surface area contributed by atoms with Gasteiger partial charge in [-0.1, -0.05) is 18.2 Å². The molecular weight excluding hydrogens is 261 g/mol. The van der Waals surface area contributed by atoms with Crippen LogP contribution < -0.4 is 0 Å². The Kier molecular flexibility index (Phi) is 4.11. The predicted octanol–water partition coefficient (Wildman–Crippen LogP) is 1.74. The molecule has 5 heteroatoms. The Hall–Kier alpha value is -1.46. The lowest BCUT2D eigenvalue weighted by atomic mass is 9.90. The van der Waals surface area contributed by atoms with Crippen LogP contribution in [0.4, 0.5) is 4.39 Å². The van der Waals surface area contributed by atoms with E-state index in [1.54, 1.807) is 37.1 Å². The first-order valence-corrected chi connectivity index (χ1v) is 6.62. The monoisotopic (exact) mass is 281 g/mol. The van der Waals surface area contributed by atoms with Gasteiger partial charge in [0.15, 0.2) is 0 Å². The van der Waals surface area contributed by atoms with Crippen molar-refractivity contribution in [2.45, 2.75) is 24.9 Å². The highest BCUT2D eigenvalue weighted by Crippen LogP contribution is 2.46. The van der Waals surface area contributed by atoms with E-state index >= 15 is 0 Å². The summed E-state index contributed by atoms with van der Waals surface area (Å²) in [7, 11) is 3.11. The molecule has 0 spiro atoms. The molecule has 1 aliphatic heterocycles. The van der Waals surface area contributed by atoms with Crippen molar-refractivity contribution in [1.82, 2.24) is 4.90 Å². The van der Waals surface area contributed by atoms with Crippen LogP contribution in [0.2, 0.25) is 0 Å². The van der Waals surface area contributed by atoms with Crippen LogP contribution in [0.15, 0.2) is 24.3 Å². The van der Waals surface area contributed by atoms with Crippen LogP contribution in [-0.2, 0) is 9.53 Å². The summed E-state index contributed by atoms with van der Waals surface area (Å²) in [6.45, 7) is 1.66. The molecule has 0 radical (unpaired) electrons. The van der Waals surface area contributed by atoms with Gasteiger partial charge in [-0.3, -0.25) is 9.69 Å². The second kappa shape index (κ2) is 5.50. The van der Waals surface area contributed by atoms with Crippen molar-refractivity contribution >= 4 is 5.97 Å². The maximum atomic E-state index is 14.0. The molecule has 4 nitrogen and oxygen atoms in total. The Bertz CT molecular complexity index is 508. The molecule has 0 aromatic heterocycles. The standard InChI is InChI=1S/C15H20FNO3/c1-15(14(19)20-3)8-10(9-18)13(17(15)2)11-6-4-5-7-12(11)16/h4-7,10,13,18H,8-9H2,1-3H3/t10-,13-,15-/m1/s1. The van der Waals surface area contributed by atoms with E-state index in [-0.39, 0.29) is 30.4 Å². The molecule has 20 heavy (non-hydrogen) atoms. The van der Waals surface area contributed by atoms with Crippen molar-refractivity contribution in [1.29, 1.82) is 0 Å². The molecule has 110 valence electrons. The molecule has 1 heterocycles. The van der Waals surface area contributed by atoms with Crippen molar-refractivity contribution in [3.8, 4) is 0 Å². The molecular formula is C15H20FNO3. The van der Waals surface area contributed by atoms with Crippen LogP contribution >= 0.6 is 0 Å². The topological polar surface area (TPSA) is 49.8 Å². The highest BCUT2D eigenvalue weighted by molar-refractivity contribution is 5.80. The van der Waals surface area contributed by atoms with Gasteiger partial charge in [0, 0.05) is 24.1 Å². The first-order chi connectivity index (χ1) is 9.45. The minimum atomic E-state index is -0.852. The Balaban J connectivity index is 2.43. The molecule has 1 N–H and O–H groups in total. The van der Waals surface area contributed by atoms with Gasteiger partial charge >= 0.3 is 5.97 Å². The molecule has 1 fully saturated rings. The fraction of sp³-hybridized carbons (Fsp3) is 0.533. The minimum Gasteiger partial charge on any atom is -0.468 e. The van der Waals surface area contributed by atoms with Gasteiger partial charge in [-0.05, 0) is 26.5 Å². The number of esters is 1. The first-order valence-electron chi connectivity index (χ1n) is 6.62. The third-order valence-corrected chi connectivity index (χ3v) is 4.39. The fourth-order valence-corrected chi connectivity index (χ4v) is 3.18. The molecule has 0 aliphatic carbocycles. The number of benzene rings is 1. The predicted molar refractivity (Wildman–Crippen MR) is 72.5 cm³/mol. The maximum absolute atomic E-state index is 14.0. The number of aliphatic hydroxyl groups is 1. The summed E-state index contributed by atoms with van der Waals surface area (Å²) in [5.41, 5.74) is -0.351. The van der Waals surface area contributed by atoms with Crippen molar-refractivity contribution in [3.63, 3.8) is 0 Å². The van der Waals surface area contributed by atoms with Crippen LogP contribution in [0.25, 0.3) is 0 Å². The van der Waals surface area contributed by atoms with Crippen LogP contribution in [0.3, 0.4) is 0 Å². The molecule has 0 unspecified atom stereocenters. The Morgan fingerprint density at radius 3 is 2.75 bits per heavy atom. The number of hydrogen-bond acceptors (Lipinski definition) is 4. The summed E-state index contributed by atoms with van der Waals surface area (Å²) in [5, 5.41) is 9.59. The van der Waals surface area contributed by atoms with Crippen LogP contribution in [0.1, 0.15) is 24.9 Å². The number of likely N-dealkylation sites (tertiary alicyclic amines) is 1. The van der Waals surface area contributed by atoms with E-state index in [2.05, 4.69) is 0 Å². The summed E-state index contributed by atoms with van der Waals surface area (Å²) in [6, 6.07) is 6.13. The lowest BCUT2D eigenvalue weighted by Crippen LogP contribution is -2.47. The smallest absolute Gasteiger partial charge is 0.326 e. The van der Waals surface area contributed by atoms with E-state index in [1.807, 2.05) is 0 Å². The number of halogens is 1. The second-order valence-electron chi connectivity index (χ2n) is 5.49. The fourth-order valence-electron chi connectivity index (χ4n) is 3.18. The number of likely N-dealkylation sites (N-methyl/N-ethyl adjacent to an activating group) is 1. The third kappa shape index (κ3) is 2.21. The number of aliphatic hydroxyl groups excluding tert-OH is 1. The molecule has 0 bridgehead atoms. The van der Waals surface area contributed by atoms with Gasteiger partial charge in [-0.2, -0.15) is 0 Å². The SMILES string of the molecule is COC(=O)[C@@]1(C)C[C@H](CO)[C@H](c2ccccc2F)N1C. The molecule has 1 aliphatic rings. The lowest BCUT2D eigenvalue weighted by Gasteiger charge is -2.33. The van der Waals surface area contributed by atoms with Crippen molar-refractivity contribution in [2.24, 2.45) is 5.92 Å². The van der Waals surface area contributed by atoms with Gasteiger partial charge in [0.2, 0.25) is 0 Å². The molecule has 1 aromatic rings. The average Bonchev–Trinajstić information content (AvgIpc) is 2.72. The van der Waals surface area contributed by atoms with Crippen molar-refractivity contribution in [3.05, 3.63) is 35.6 Å². The third-order valence-electron chi connectivity index (χ3n) is 4.39.